The molecule has 0 saturated heterocycles. The first-order chi connectivity index (χ1) is 15.5. The highest BCUT2D eigenvalue weighted by molar-refractivity contribution is 9.10. The molecule has 0 amide bonds. The van der Waals surface area contributed by atoms with Crippen molar-refractivity contribution < 1.29 is 9.90 Å². The Labute approximate surface area is 191 Å². The predicted octanol–water partition coefficient (Wildman–Crippen LogP) is 4.51. The van der Waals surface area contributed by atoms with Crippen LogP contribution in [0.2, 0.25) is 0 Å². The second-order valence-electron chi connectivity index (χ2n) is 7.53. The van der Waals surface area contributed by atoms with Gasteiger partial charge in [-0.2, -0.15) is 9.61 Å². The van der Waals surface area contributed by atoms with Gasteiger partial charge in [-0.1, -0.05) is 42.5 Å². The lowest BCUT2D eigenvalue weighted by Gasteiger charge is -2.10. The minimum absolute atomic E-state index is 0.000109. The van der Waals surface area contributed by atoms with E-state index in [1.807, 2.05) is 54.7 Å². The number of hydrogen-bond donors (Lipinski definition) is 2. The smallest absolute Gasteiger partial charge is 0.307 e. The first-order valence-electron chi connectivity index (χ1n) is 9.96. The molecule has 0 saturated carbocycles. The summed E-state index contributed by atoms with van der Waals surface area (Å²) in [5, 5.41) is 14.4. The van der Waals surface area contributed by atoms with Gasteiger partial charge in [0.15, 0.2) is 5.65 Å². The van der Waals surface area contributed by atoms with E-state index in [1.165, 1.54) is 0 Å². The standard InChI is InChI=1S/C24H18BrN5O2/c25-22-20(9-14-5-7-15(8-6-14)10-21(31)32)29-24-18(13-28-30(24)23(22)26)17-11-16-3-1-2-4-19(16)27-12-17/h1-8,11-13H,9-10,26H2,(H,31,32). The van der Waals surface area contributed by atoms with Gasteiger partial charge in [-0.05, 0) is 39.2 Å². The lowest BCUT2D eigenvalue weighted by molar-refractivity contribution is -0.136. The van der Waals surface area contributed by atoms with Crippen LogP contribution >= 0.6 is 15.9 Å². The van der Waals surface area contributed by atoms with E-state index in [1.54, 1.807) is 10.7 Å². The van der Waals surface area contributed by atoms with E-state index in [2.05, 4.69) is 32.1 Å². The summed E-state index contributed by atoms with van der Waals surface area (Å²) in [5.41, 5.74) is 12.2. The number of rotatable bonds is 5. The molecule has 0 radical (unpaired) electrons. The number of hydrogen-bond acceptors (Lipinski definition) is 5. The Morgan fingerprint density at radius 1 is 1.06 bits per heavy atom. The number of carbonyl (C=O) groups is 1. The molecular weight excluding hydrogens is 470 g/mol. The molecule has 0 unspecified atom stereocenters. The molecule has 0 spiro atoms. The Morgan fingerprint density at radius 2 is 1.81 bits per heavy atom. The zero-order chi connectivity index (χ0) is 22.2. The monoisotopic (exact) mass is 487 g/mol. The van der Waals surface area contributed by atoms with E-state index in [0.717, 1.165) is 38.9 Å². The van der Waals surface area contributed by atoms with E-state index in [9.17, 15) is 4.79 Å². The maximum atomic E-state index is 10.9. The fraction of sp³-hybridized carbons (Fsp3) is 0.0833. The van der Waals surface area contributed by atoms with Crippen molar-refractivity contribution in [2.24, 2.45) is 0 Å². The third-order valence-corrected chi connectivity index (χ3v) is 6.21. The van der Waals surface area contributed by atoms with E-state index in [4.69, 9.17) is 15.8 Å². The summed E-state index contributed by atoms with van der Waals surface area (Å²) in [4.78, 5) is 20.3. The van der Waals surface area contributed by atoms with Crippen molar-refractivity contribution in [3.05, 3.63) is 88.3 Å². The number of nitrogen functional groups attached to an aromatic ring is 1. The van der Waals surface area contributed by atoms with Gasteiger partial charge in [-0.3, -0.25) is 9.78 Å². The van der Waals surface area contributed by atoms with Gasteiger partial charge in [-0.25, -0.2) is 4.98 Å². The quantitative estimate of drug-likeness (QED) is 0.377. The van der Waals surface area contributed by atoms with Gasteiger partial charge in [0, 0.05) is 29.1 Å². The molecule has 3 heterocycles. The SMILES string of the molecule is Nc1c(Br)c(Cc2ccc(CC(=O)O)cc2)nc2c(-c3cnc4ccccc4c3)cnn12. The number of aliphatic carboxylic acids is 1. The molecule has 0 aliphatic carbocycles. The highest BCUT2D eigenvalue weighted by atomic mass is 79.9. The zero-order valence-electron chi connectivity index (χ0n) is 16.9. The summed E-state index contributed by atoms with van der Waals surface area (Å²) in [7, 11) is 0. The first kappa shape index (κ1) is 20.1. The lowest BCUT2D eigenvalue weighted by atomic mass is 10.1. The molecule has 8 heteroatoms. The van der Waals surface area contributed by atoms with Crippen molar-refractivity contribution in [2.75, 3.05) is 5.73 Å². The zero-order valence-corrected chi connectivity index (χ0v) is 18.5. The van der Waals surface area contributed by atoms with Crippen LogP contribution in [0.4, 0.5) is 5.82 Å². The van der Waals surface area contributed by atoms with E-state index < -0.39 is 5.97 Å². The topological polar surface area (TPSA) is 106 Å². The summed E-state index contributed by atoms with van der Waals surface area (Å²) in [5.74, 6) is -0.385. The number of halogens is 1. The van der Waals surface area contributed by atoms with Gasteiger partial charge in [0.2, 0.25) is 0 Å². The van der Waals surface area contributed by atoms with Crippen LogP contribution in [0.25, 0.3) is 27.7 Å². The van der Waals surface area contributed by atoms with Crippen LogP contribution in [0, 0.1) is 0 Å². The molecule has 2 aromatic carbocycles. The minimum Gasteiger partial charge on any atom is -0.481 e. The number of anilines is 1. The minimum atomic E-state index is -0.850. The highest BCUT2D eigenvalue weighted by Gasteiger charge is 2.17. The van der Waals surface area contributed by atoms with Crippen molar-refractivity contribution in [3.8, 4) is 11.1 Å². The fourth-order valence-corrected chi connectivity index (χ4v) is 4.12. The first-order valence-corrected chi connectivity index (χ1v) is 10.8. The van der Waals surface area contributed by atoms with Crippen LogP contribution in [-0.2, 0) is 17.6 Å². The largest absolute Gasteiger partial charge is 0.481 e. The average molecular weight is 488 g/mol. The van der Waals surface area contributed by atoms with Gasteiger partial charge in [0.1, 0.15) is 5.82 Å². The Balaban J connectivity index is 1.55. The number of pyridine rings is 1. The Bertz CT molecular complexity index is 1480. The van der Waals surface area contributed by atoms with Crippen molar-refractivity contribution in [2.45, 2.75) is 12.8 Å². The Hall–Kier alpha value is -3.78. The number of fused-ring (bicyclic) bond motifs is 2. The van der Waals surface area contributed by atoms with Gasteiger partial charge in [-0.15, -0.1) is 0 Å². The van der Waals surface area contributed by atoms with Crippen LogP contribution in [0.15, 0.2) is 71.5 Å². The van der Waals surface area contributed by atoms with Crippen molar-refractivity contribution in [1.29, 1.82) is 0 Å². The highest BCUT2D eigenvalue weighted by Crippen LogP contribution is 2.31. The van der Waals surface area contributed by atoms with Crippen LogP contribution in [0.5, 0.6) is 0 Å². The van der Waals surface area contributed by atoms with E-state index >= 15 is 0 Å². The molecule has 5 rings (SSSR count). The predicted molar refractivity (Wildman–Crippen MR) is 126 cm³/mol. The molecule has 3 aromatic heterocycles. The summed E-state index contributed by atoms with van der Waals surface area (Å²) in [6.07, 6.45) is 4.11. The third kappa shape index (κ3) is 3.69. The van der Waals surface area contributed by atoms with Gasteiger partial charge >= 0.3 is 5.97 Å². The third-order valence-electron chi connectivity index (χ3n) is 5.34. The van der Waals surface area contributed by atoms with Crippen molar-refractivity contribution >= 4 is 44.3 Å². The molecule has 0 aliphatic rings. The second-order valence-corrected chi connectivity index (χ2v) is 8.32. The molecule has 0 bridgehead atoms. The molecule has 5 aromatic rings. The maximum absolute atomic E-state index is 10.9. The average Bonchev–Trinajstić information content (AvgIpc) is 3.22. The number of carboxylic acid groups (broad SMARTS) is 1. The molecular formula is C24H18BrN5O2. The number of carboxylic acids is 1. The summed E-state index contributed by atoms with van der Waals surface area (Å²) >= 11 is 3.57. The van der Waals surface area contributed by atoms with Crippen LogP contribution in [-0.4, -0.2) is 30.7 Å². The Morgan fingerprint density at radius 3 is 2.59 bits per heavy atom. The molecule has 3 N–H and O–H groups in total. The number of nitrogens with zero attached hydrogens (tertiary/aromatic N) is 4. The molecule has 0 aliphatic heterocycles. The van der Waals surface area contributed by atoms with Gasteiger partial charge in [0.05, 0.1) is 28.3 Å². The summed E-state index contributed by atoms with van der Waals surface area (Å²) < 4.78 is 2.31. The summed E-state index contributed by atoms with van der Waals surface area (Å²) in [6, 6.07) is 17.5. The molecule has 32 heavy (non-hydrogen) atoms. The molecule has 158 valence electrons. The molecule has 0 fully saturated rings. The number of nitrogens with two attached hydrogens (primary N) is 1. The van der Waals surface area contributed by atoms with Crippen LogP contribution in [0.1, 0.15) is 16.8 Å². The maximum Gasteiger partial charge on any atom is 0.307 e. The van der Waals surface area contributed by atoms with Gasteiger partial charge in [0.25, 0.3) is 0 Å². The van der Waals surface area contributed by atoms with Crippen LogP contribution < -0.4 is 5.73 Å². The fourth-order valence-electron chi connectivity index (χ4n) is 3.73. The molecule has 7 nitrogen and oxygen atoms in total. The van der Waals surface area contributed by atoms with Crippen LogP contribution in [0.3, 0.4) is 0 Å². The van der Waals surface area contributed by atoms with E-state index in [-0.39, 0.29) is 6.42 Å². The lowest BCUT2D eigenvalue weighted by Crippen LogP contribution is -2.06. The number of aromatic nitrogens is 4. The normalized spacial score (nSPS) is 11.3. The van der Waals surface area contributed by atoms with Crippen molar-refractivity contribution in [3.63, 3.8) is 0 Å². The van der Waals surface area contributed by atoms with Crippen molar-refractivity contribution in [1.82, 2.24) is 19.6 Å². The number of para-hydroxylation sites is 1. The molecule has 0 atom stereocenters. The second kappa shape index (κ2) is 8.05. The van der Waals surface area contributed by atoms with E-state index in [0.29, 0.717) is 22.4 Å². The van der Waals surface area contributed by atoms with Gasteiger partial charge < -0.3 is 10.8 Å². The summed E-state index contributed by atoms with van der Waals surface area (Å²) in [6.45, 7) is 0. The number of benzene rings is 2. The Kier molecular flexibility index (Phi) is 5.07.